The van der Waals surface area contributed by atoms with E-state index in [0.29, 0.717) is 10.9 Å². The molecule has 0 bridgehead atoms. The Balaban J connectivity index is 2.23. The Morgan fingerprint density at radius 1 is 1.17 bits per heavy atom. The van der Waals surface area contributed by atoms with Crippen LogP contribution in [0.3, 0.4) is 0 Å². The average Bonchev–Trinajstić information content (AvgIpc) is 2.74. The molecule has 3 aromatic rings. The quantitative estimate of drug-likeness (QED) is 0.745. The van der Waals surface area contributed by atoms with Crippen LogP contribution in [0, 0.1) is 5.82 Å². The largest absolute Gasteiger partial charge is 0.505 e. The number of aromatic hydroxyl groups is 1. The Morgan fingerprint density at radius 3 is 2.61 bits per heavy atom. The van der Waals surface area contributed by atoms with Gasteiger partial charge in [-0.25, -0.2) is 9.07 Å². The van der Waals surface area contributed by atoms with Crippen LogP contribution in [0.1, 0.15) is 0 Å². The summed E-state index contributed by atoms with van der Waals surface area (Å²) in [6, 6.07) is 10.2. The van der Waals surface area contributed by atoms with Gasteiger partial charge >= 0.3 is 0 Å². The van der Waals surface area contributed by atoms with E-state index in [1.807, 2.05) is 24.3 Å². The minimum absolute atomic E-state index is 0.374. The highest BCUT2D eigenvalue weighted by molar-refractivity contribution is 9.10. The third kappa shape index (κ3) is 1.76. The molecule has 1 heterocycles. The summed E-state index contributed by atoms with van der Waals surface area (Å²) in [5, 5.41) is 14.3. The minimum atomic E-state index is -0.641. The fourth-order valence-corrected chi connectivity index (χ4v) is 2.09. The Bertz CT molecular complexity index is 722. The molecule has 0 aliphatic rings. The smallest absolute Gasteiger partial charge is 0.165 e. The van der Waals surface area contributed by atoms with Crippen LogP contribution >= 0.6 is 15.9 Å². The van der Waals surface area contributed by atoms with Gasteiger partial charge in [-0.1, -0.05) is 15.9 Å². The van der Waals surface area contributed by atoms with Crippen molar-refractivity contribution in [3.8, 4) is 11.4 Å². The van der Waals surface area contributed by atoms with Gasteiger partial charge in [0, 0.05) is 15.9 Å². The molecule has 0 saturated heterocycles. The normalized spacial score (nSPS) is 11.0. The molecular formula is C13H8BrFN2O. The van der Waals surface area contributed by atoms with Crippen molar-refractivity contribution in [2.45, 2.75) is 0 Å². The molecule has 3 rings (SSSR count). The highest BCUT2D eigenvalue weighted by Crippen LogP contribution is 2.25. The number of hydrogen-bond donors (Lipinski definition) is 1. The zero-order valence-corrected chi connectivity index (χ0v) is 10.7. The molecule has 1 aromatic heterocycles. The standard InChI is InChI=1S/C13H8BrFN2O/c14-9-1-3-10(4-2-9)17-12-6-13(18)11(15)5-8(12)7-16-17/h1-7,18H. The van der Waals surface area contributed by atoms with Crippen LogP contribution in [0.4, 0.5) is 4.39 Å². The van der Waals surface area contributed by atoms with Gasteiger partial charge in [-0.15, -0.1) is 0 Å². The van der Waals surface area contributed by atoms with Gasteiger partial charge in [-0.2, -0.15) is 5.10 Å². The average molecular weight is 307 g/mol. The zero-order chi connectivity index (χ0) is 12.7. The van der Waals surface area contributed by atoms with E-state index >= 15 is 0 Å². The van der Waals surface area contributed by atoms with Crippen molar-refractivity contribution in [2.75, 3.05) is 0 Å². The Morgan fingerprint density at radius 2 is 1.89 bits per heavy atom. The van der Waals surface area contributed by atoms with Crippen LogP contribution in [0.25, 0.3) is 16.6 Å². The number of phenols is 1. The molecule has 0 radical (unpaired) electrons. The van der Waals surface area contributed by atoms with E-state index < -0.39 is 5.82 Å². The minimum Gasteiger partial charge on any atom is -0.505 e. The predicted octanol–water partition coefficient (Wildman–Crippen LogP) is 3.63. The van der Waals surface area contributed by atoms with E-state index in [2.05, 4.69) is 21.0 Å². The van der Waals surface area contributed by atoms with Crippen LogP contribution < -0.4 is 0 Å². The fourth-order valence-electron chi connectivity index (χ4n) is 1.82. The van der Waals surface area contributed by atoms with Gasteiger partial charge in [0.1, 0.15) is 0 Å². The number of nitrogens with zero attached hydrogens (tertiary/aromatic N) is 2. The molecule has 90 valence electrons. The summed E-state index contributed by atoms with van der Waals surface area (Å²) in [6.45, 7) is 0. The van der Waals surface area contributed by atoms with E-state index in [9.17, 15) is 9.50 Å². The number of benzene rings is 2. The summed E-state index contributed by atoms with van der Waals surface area (Å²) >= 11 is 3.36. The van der Waals surface area contributed by atoms with Crippen LogP contribution in [0.15, 0.2) is 47.1 Å². The third-order valence-electron chi connectivity index (χ3n) is 2.71. The number of aromatic nitrogens is 2. The lowest BCUT2D eigenvalue weighted by atomic mass is 10.2. The van der Waals surface area contributed by atoms with E-state index in [1.54, 1.807) is 10.9 Å². The van der Waals surface area contributed by atoms with Crippen molar-refractivity contribution >= 4 is 26.8 Å². The van der Waals surface area contributed by atoms with E-state index in [-0.39, 0.29) is 5.75 Å². The number of hydrogen-bond acceptors (Lipinski definition) is 2. The second-order valence-corrected chi connectivity index (χ2v) is 4.81. The second-order valence-electron chi connectivity index (χ2n) is 3.90. The number of rotatable bonds is 1. The van der Waals surface area contributed by atoms with Gasteiger partial charge in [0.25, 0.3) is 0 Å². The van der Waals surface area contributed by atoms with Crippen molar-refractivity contribution in [1.82, 2.24) is 9.78 Å². The Labute approximate surface area is 111 Å². The maximum Gasteiger partial charge on any atom is 0.165 e. The first-order valence-corrected chi connectivity index (χ1v) is 6.06. The first kappa shape index (κ1) is 11.2. The highest BCUT2D eigenvalue weighted by atomic mass is 79.9. The lowest BCUT2D eigenvalue weighted by Crippen LogP contribution is -1.95. The topological polar surface area (TPSA) is 38.1 Å². The Hall–Kier alpha value is -1.88. The molecule has 0 aliphatic carbocycles. The van der Waals surface area contributed by atoms with Crippen LogP contribution in [0.2, 0.25) is 0 Å². The zero-order valence-electron chi connectivity index (χ0n) is 9.14. The highest BCUT2D eigenvalue weighted by Gasteiger charge is 2.09. The van der Waals surface area contributed by atoms with Gasteiger partial charge in [0.15, 0.2) is 11.6 Å². The van der Waals surface area contributed by atoms with Crippen LogP contribution in [-0.2, 0) is 0 Å². The van der Waals surface area contributed by atoms with Crippen molar-refractivity contribution < 1.29 is 9.50 Å². The molecule has 0 unspecified atom stereocenters. The molecule has 0 saturated carbocycles. The molecule has 0 spiro atoms. The first-order chi connectivity index (χ1) is 8.65. The van der Waals surface area contributed by atoms with E-state index in [1.165, 1.54) is 12.1 Å². The summed E-state index contributed by atoms with van der Waals surface area (Å²) in [5.41, 5.74) is 1.51. The predicted molar refractivity (Wildman–Crippen MR) is 70.4 cm³/mol. The number of halogens is 2. The summed E-state index contributed by atoms with van der Waals surface area (Å²) in [5.74, 6) is -1.01. The lowest BCUT2D eigenvalue weighted by molar-refractivity contribution is 0.433. The molecule has 0 fully saturated rings. The van der Waals surface area contributed by atoms with E-state index in [4.69, 9.17) is 0 Å². The summed E-state index contributed by atoms with van der Waals surface area (Å²) in [7, 11) is 0. The molecule has 2 aromatic carbocycles. The van der Waals surface area contributed by atoms with Crippen LogP contribution in [-0.4, -0.2) is 14.9 Å². The van der Waals surface area contributed by atoms with Gasteiger partial charge in [-0.05, 0) is 30.3 Å². The van der Waals surface area contributed by atoms with Gasteiger partial charge in [-0.3, -0.25) is 0 Å². The number of fused-ring (bicyclic) bond motifs is 1. The molecule has 5 heteroatoms. The Kier molecular flexibility index (Phi) is 2.56. The third-order valence-corrected chi connectivity index (χ3v) is 3.24. The maximum atomic E-state index is 13.2. The molecule has 1 N–H and O–H groups in total. The summed E-state index contributed by atoms with van der Waals surface area (Å²) < 4.78 is 15.8. The van der Waals surface area contributed by atoms with Crippen LogP contribution in [0.5, 0.6) is 5.75 Å². The van der Waals surface area contributed by atoms with Crippen molar-refractivity contribution in [3.05, 3.63) is 52.9 Å². The monoisotopic (exact) mass is 306 g/mol. The molecule has 0 amide bonds. The second kappa shape index (κ2) is 4.10. The van der Waals surface area contributed by atoms with Gasteiger partial charge in [0.2, 0.25) is 0 Å². The molecule has 18 heavy (non-hydrogen) atoms. The molecular weight excluding hydrogens is 299 g/mol. The summed E-state index contributed by atoms with van der Waals surface area (Å²) in [4.78, 5) is 0. The van der Waals surface area contributed by atoms with Crippen molar-refractivity contribution in [1.29, 1.82) is 0 Å². The summed E-state index contributed by atoms with van der Waals surface area (Å²) in [6.07, 6.45) is 1.57. The van der Waals surface area contributed by atoms with E-state index in [0.717, 1.165) is 10.2 Å². The molecule has 3 nitrogen and oxygen atoms in total. The SMILES string of the molecule is Oc1cc2c(cnn2-c2ccc(Br)cc2)cc1F. The molecule has 0 aliphatic heterocycles. The van der Waals surface area contributed by atoms with Crippen molar-refractivity contribution in [2.24, 2.45) is 0 Å². The lowest BCUT2D eigenvalue weighted by Gasteiger charge is -2.04. The fraction of sp³-hybridized carbons (Fsp3) is 0. The maximum absolute atomic E-state index is 13.2. The molecule has 0 atom stereocenters. The first-order valence-electron chi connectivity index (χ1n) is 5.27. The number of phenolic OH excluding ortho intramolecular Hbond substituents is 1. The van der Waals surface area contributed by atoms with Gasteiger partial charge in [0.05, 0.1) is 17.4 Å². The van der Waals surface area contributed by atoms with Gasteiger partial charge < -0.3 is 5.11 Å². The van der Waals surface area contributed by atoms with Crippen molar-refractivity contribution in [3.63, 3.8) is 0 Å².